The van der Waals surface area contributed by atoms with Crippen LogP contribution in [0.5, 0.6) is 5.75 Å². The Bertz CT molecular complexity index is 984. The molecule has 1 N–H and O–H groups in total. The van der Waals surface area contributed by atoms with Gasteiger partial charge >= 0.3 is 0 Å². The molecule has 144 valence electrons. The van der Waals surface area contributed by atoms with Gasteiger partial charge in [-0.15, -0.1) is 0 Å². The lowest BCUT2D eigenvalue weighted by molar-refractivity contribution is -0.117. The smallest absolute Gasteiger partial charge is 0.286 e. The number of aliphatic imine (C=N–C) groups is 1. The summed E-state index contributed by atoms with van der Waals surface area (Å²) >= 11 is 14.0. The Kier molecular flexibility index (Phi) is 6.98. The van der Waals surface area contributed by atoms with E-state index in [-0.39, 0.29) is 17.0 Å². The van der Waals surface area contributed by atoms with Gasteiger partial charge in [-0.05, 0) is 85.1 Å². The van der Waals surface area contributed by atoms with Crippen molar-refractivity contribution >= 4 is 78.3 Å². The van der Waals surface area contributed by atoms with Crippen LogP contribution < -0.4 is 10.1 Å². The van der Waals surface area contributed by atoms with Gasteiger partial charge in [0.05, 0.1) is 13.9 Å². The van der Waals surface area contributed by atoms with Gasteiger partial charge in [-0.3, -0.25) is 9.59 Å². The van der Waals surface area contributed by atoms with Gasteiger partial charge in [-0.1, -0.05) is 23.7 Å². The maximum atomic E-state index is 12.0. The third-order valence-corrected chi connectivity index (χ3v) is 5.85. The molecule has 1 aliphatic rings. The van der Waals surface area contributed by atoms with Gasteiger partial charge in [0.15, 0.2) is 5.17 Å². The Hall–Kier alpha value is -1.61. The molecule has 0 aliphatic carbocycles. The largest absolute Gasteiger partial charge is 0.487 e. The van der Waals surface area contributed by atoms with E-state index in [4.69, 9.17) is 16.3 Å². The summed E-state index contributed by atoms with van der Waals surface area (Å²) in [5, 5.41) is 3.48. The van der Waals surface area contributed by atoms with Crippen LogP contribution in [0, 0.1) is 0 Å². The Balaban J connectivity index is 1.74. The summed E-state index contributed by atoms with van der Waals surface area (Å²) in [6.45, 7) is 1.75. The van der Waals surface area contributed by atoms with Gasteiger partial charge in [0.1, 0.15) is 12.4 Å². The number of benzene rings is 2. The highest BCUT2D eigenvalue weighted by Gasteiger charge is 2.22. The maximum absolute atomic E-state index is 12.0. The summed E-state index contributed by atoms with van der Waals surface area (Å²) in [4.78, 5) is 27.4. The number of rotatable bonds is 4. The van der Waals surface area contributed by atoms with Crippen molar-refractivity contribution < 1.29 is 14.3 Å². The number of amidine groups is 1. The number of amides is 2. The first-order valence-electron chi connectivity index (χ1n) is 7.98. The topological polar surface area (TPSA) is 67.8 Å². The van der Waals surface area contributed by atoms with Crippen LogP contribution in [0.2, 0.25) is 5.02 Å². The molecule has 0 saturated carbocycles. The quantitative estimate of drug-likeness (QED) is 0.513. The second kappa shape index (κ2) is 9.26. The van der Waals surface area contributed by atoms with Crippen LogP contribution in [0.1, 0.15) is 18.1 Å². The number of thioether (sulfide) groups is 1. The molecule has 1 aliphatic heterocycles. The van der Waals surface area contributed by atoms with Crippen molar-refractivity contribution in [3.8, 4) is 5.75 Å². The van der Waals surface area contributed by atoms with Gasteiger partial charge in [0.2, 0.25) is 5.91 Å². The number of carbonyl (C=O) groups excluding carboxylic acids is 2. The summed E-state index contributed by atoms with van der Waals surface area (Å²) in [5.74, 6) is -0.00488. The van der Waals surface area contributed by atoms with Crippen LogP contribution >= 0.6 is 55.2 Å². The standard InChI is InChI=1S/C19H13Br2ClN2O3S/c1-10(25)23-19-24-18(26)16(28-19)8-12-6-14(20)17(15(21)7-12)27-9-11-2-4-13(22)5-3-11/h2-8H,9H2,1H3,(H,23,24,25,26)/b16-8+. The number of hydrogen-bond acceptors (Lipinski definition) is 4. The van der Waals surface area contributed by atoms with E-state index < -0.39 is 0 Å². The van der Waals surface area contributed by atoms with E-state index in [0.29, 0.717) is 22.3 Å². The van der Waals surface area contributed by atoms with E-state index in [0.717, 1.165) is 31.8 Å². The fourth-order valence-electron chi connectivity index (χ4n) is 2.30. The van der Waals surface area contributed by atoms with Crippen molar-refractivity contribution in [1.82, 2.24) is 5.32 Å². The minimum Gasteiger partial charge on any atom is -0.487 e. The van der Waals surface area contributed by atoms with Crippen molar-refractivity contribution in [2.75, 3.05) is 0 Å². The van der Waals surface area contributed by atoms with Gasteiger partial charge in [-0.25, -0.2) is 0 Å². The van der Waals surface area contributed by atoms with Crippen molar-refractivity contribution in [1.29, 1.82) is 0 Å². The molecule has 0 fully saturated rings. The zero-order chi connectivity index (χ0) is 20.3. The summed E-state index contributed by atoms with van der Waals surface area (Å²) in [7, 11) is 0. The van der Waals surface area contributed by atoms with Crippen molar-refractivity contribution in [2.45, 2.75) is 13.5 Å². The van der Waals surface area contributed by atoms with Crippen LogP contribution in [0.4, 0.5) is 0 Å². The number of nitrogens with zero attached hydrogens (tertiary/aromatic N) is 1. The molecule has 2 aromatic rings. The minimum absolute atomic E-state index is 0.270. The summed E-state index contributed by atoms with van der Waals surface area (Å²) < 4.78 is 7.37. The molecular weight excluding hydrogens is 532 g/mol. The second-order valence-electron chi connectivity index (χ2n) is 5.74. The zero-order valence-electron chi connectivity index (χ0n) is 14.5. The first-order valence-corrected chi connectivity index (χ1v) is 10.8. The van der Waals surface area contributed by atoms with Gasteiger partial charge in [-0.2, -0.15) is 4.99 Å². The molecule has 2 aromatic carbocycles. The third-order valence-electron chi connectivity index (χ3n) is 3.52. The summed E-state index contributed by atoms with van der Waals surface area (Å²) in [6, 6.07) is 11.1. The first-order chi connectivity index (χ1) is 13.3. The number of nitrogens with one attached hydrogen (secondary N) is 1. The lowest BCUT2D eigenvalue weighted by Gasteiger charge is -2.12. The average molecular weight is 545 g/mol. The average Bonchev–Trinajstić information content (AvgIpc) is 2.94. The summed E-state index contributed by atoms with van der Waals surface area (Å²) in [5.41, 5.74) is 1.78. The number of halogens is 3. The van der Waals surface area contributed by atoms with E-state index in [9.17, 15) is 9.59 Å². The van der Waals surface area contributed by atoms with Crippen molar-refractivity contribution in [2.24, 2.45) is 4.99 Å². The highest BCUT2D eigenvalue weighted by molar-refractivity contribution is 9.11. The van der Waals surface area contributed by atoms with Crippen molar-refractivity contribution in [3.05, 3.63) is 66.4 Å². The lowest BCUT2D eigenvalue weighted by Crippen LogP contribution is -2.23. The molecule has 1 heterocycles. The highest BCUT2D eigenvalue weighted by Crippen LogP contribution is 2.37. The number of hydrogen-bond donors (Lipinski definition) is 1. The minimum atomic E-state index is -0.385. The highest BCUT2D eigenvalue weighted by atomic mass is 79.9. The van der Waals surface area contributed by atoms with Gasteiger partial charge in [0, 0.05) is 11.9 Å². The Labute approximate surface area is 187 Å². The molecule has 0 unspecified atom stereocenters. The molecule has 5 nitrogen and oxygen atoms in total. The van der Waals surface area contributed by atoms with Crippen LogP contribution in [0.15, 0.2) is 55.2 Å². The Morgan fingerprint density at radius 2 is 1.89 bits per heavy atom. The molecule has 9 heteroatoms. The first kappa shape index (κ1) is 21.1. The molecule has 3 rings (SSSR count). The monoisotopic (exact) mass is 542 g/mol. The van der Waals surface area contributed by atoms with E-state index >= 15 is 0 Å². The van der Waals surface area contributed by atoms with Gasteiger partial charge in [0.25, 0.3) is 5.91 Å². The van der Waals surface area contributed by atoms with E-state index in [2.05, 4.69) is 42.2 Å². The number of ether oxygens (including phenoxy) is 1. The zero-order valence-corrected chi connectivity index (χ0v) is 19.2. The molecule has 0 spiro atoms. The predicted molar refractivity (Wildman–Crippen MR) is 119 cm³/mol. The molecule has 28 heavy (non-hydrogen) atoms. The summed E-state index contributed by atoms with van der Waals surface area (Å²) in [6.07, 6.45) is 1.71. The molecule has 0 aromatic heterocycles. The Morgan fingerprint density at radius 3 is 2.50 bits per heavy atom. The lowest BCUT2D eigenvalue weighted by atomic mass is 10.2. The number of carbonyl (C=O) groups is 2. The molecular formula is C19H13Br2ClN2O3S. The maximum Gasteiger partial charge on any atom is 0.286 e. The fraction of sp³-hybridized carbons (Fsp3) is 0.105. The van der Waals surface area contributed by atoms with E-state index in [1.807, 2.05) is 36.4 Å². The third kappa shape index (κ3) is 5.47. The Morgan fingerprint density at radius 1 is 1.25 bits per heavy atom. The fourth-order valence-corrected chi connectivity index (χ4v) is 4.74. The van der Waals surface area contributed by atoms with Crippen LogP contribution in [0.3, 0.4) is 0 Å². The molecule has 2 amide bonds. The predicted octanol–water partition coefficient (Wildman–Crippen LogP) is 5.55. The van der Waals surface area contributed by atoms with E-state index in [1.54, 1.807) is 6.08 Å². The molecule has 0 radical (unpaired) electrons. The molecule has 0 bridgehead atoms. The van der Waals surface area contributed by atoms with E-state index in [1.165, 1.54) is 6.92 Å². The van der Waals surface area contributed by atoms with Crippen LogP contribution in [-0.4, -0.2) is 17.0 Å². The second-order valence-corrected chi connectivity index (χ2v) is 8.92. The molecule has 0 atom stereocenters. The van der Waals surface area contributed by atoms with Crippen LogP contribution in [-0.2, 0) is 16.2 Å². The van der Waals surface area contributed by atoms with Crippen molar-refractivity contribution in [3.63, 3.8) is 0 Å². The van der Waals surface area contributed by atoms with Gasteiger partial charge < -0.3 is 10.1 Å². The molecule has 0 saturated heterocycles. The van der Waals surface area contributed by atoms with Crippen LogP contribution in [0.25, 0.3) is 6.08 Å². The SMILES string of the molecule is CC(=O)NC1=NC(=O)/C(=C\c2cc(Br)c(OCc3ccc(Cl)cc3)c(Br)c2)S1. The normalized spacial score (nSPS) is 14.9.